The van der Waals surface area contributed by atoms with Crippen molar-refractivity contribution in [3.63, 3.8) is 0 Å². The molecule has 1 saturated heterocycles. The number of carbonyl (C=O) groups is 2. The highest BCUT2D eigenvalue weighted by Gasteiger charge is 2.23. The number of β-amino-alcohol motifs (C(OH)–C–C–N with tert-alkyl or cyclic N) is 1. The molecule has 1 aromatic carbocycles. The number of hydrogen-bond donors (Lipinski definition) is 3. The first-order valence-corrected chi connectivity index (χ1v) is 12.7. The van der Waals surface area contributed by atoms with E-state index in [-0.39, 0.29) is 29.2 Å². The van der Waals surface area contributed by atoms with E-state index in [0.29, 0.717) is 29.8 Å². The number of anilines is 1. The van der Waals surface area contributed by atoms with Crippen molar-refractivity contribution in [2.24, 2.45) is 5.73 Å². The van der Waals surface area contributed by atoms with Crippen LogP contribution in [0.5, 0.6) is 5.88 Å². The second-order valence-electron chi connectivity index (χ2n) is 8.87. The Hall–Kier alpha value is -2.83. The van der Waals surface area contributed by atoms with E-state index in [1.807, 2.05) is 0 Å². The molecule has 9 nitrogen and oxygen atoms in total. The van der Waals surface area contributed by atoms with Crippen molar-refractivity contribution < 1.29 is 28.2 Å². The Balaban J connectivity index is 1.54. The van der Waals surface area contributed by atoms with E-state index in [1.165, 1.54) is 23.1 Å². The van der Waals surface area contributed by atoms with Gasteiger partial charge in [-0.3, -0.25) is 10.1 Å². The van der Waals surface area contributed by atoms with Crippen molar-refractivity contribution in [2.75, 3.05) is 38.5 Å². The van der Waals surface area contributed by atoms with Crippen LogP contribution in [0, 0.1) is 0 Å². The summed E-state index contributed by atoms with van der Waals surface area (Å²) in [5, 5.41) is 12.6. The summed E-state index contributed by atoms with van der Waals surface area (Å²) in [7, 11) is 1.65. The van der Waals surface area contributed by atoms with Crippen molar-refractivity contribution in [1.29, 1.82) is 0 Å². The van der Waals surface area contributed by atoms with Crippen LogP contribution in [0.25, 0.3) is 0 Å². The Bertz CT molecular complexity index is 1040. The minimum absolute atomic E-state index is 0.0751. The monoisotopic (exact) mass is 525 g/mol. The summed E-state index contributed by atoms with van der Waals surface area (Å²) in [5.74, 6) is -0.909. The van der Waals surface area contributed by atoms with Crippen molar-refractivity contribution >= 4 is 28.5 Å². The van der Waals surface area contributed by atoms with Crippen LogP contribution in [0.1, 0.15) is 52.7 Å². The second-order valence-corrected chi connectivity index (χ2v) is 9.64. The lowest BCUT2D eigenvalue weighted by Crippen LogP contribution is -2.39. The molecule has 198 valence electrons. The van der Waals surface area contributed by atoms with Crippen molar-refractivity contribution in [3.8, 4) is 5.88 Å². The van der Waals surface area contributed by atoms with Gasteiger partial charge >= 0.3 is 6.03 Å². The molecule has 0 spiro atoms. The number of nitrogens with two attached hydrogens (primary N) is 1. The number of hydrogen-bond acceptors (Lipinski definition) is 7. The van der Waals surface area contributed by atoms with Gasteiger partial charge in [-0.2, -0.15) is 4.37 Å². The number of nitrogens with zero attached hydrogens (tertiary/aromatic N) is 3. The number of halogens is 2. The highest BCUT2D eigenvalue weighted by Crippen LogP contribution is 2.31. The Morgan fingerprint density at radius 3 is 2.81 bits per heavy atom. The Kier molecular flexibility index (Phi) is 10.4. The molecular weight excluding hydrogens is 492 g/mol. The first kappa shape index (κ1) is 27.8. The number of primary amides is 1. The summed E-state index contributed by atoms with van der Waals surface area (Å²) < 4.78 is 36.0. The number of carbonyl (C=O) groups excluding carboxylic acids is 2. The molecule has 1 unspecified atom stereocenters. The van der Waals surface area contributed by atoms with Crippen molar-refractivity contribution in [2.45, 2.75) is 51.7 Å². The third kappa shape index (κ3) is 7.58. The minimum Gasteiger partial charge on any atom is -0.472 e. The highest BCUT2D eigenvalue weighted by atomic mass is 32.1. The van der Waals surface area contributed by atoms with Gasteiger partial charge in [0, 0.05) is 20.1 Å². The SMILES string of the molecule is CN(CCCCN1CCCC(O)C1)C(=O)Nc1snc(OCc2cc(CF)ccc2CF)c1C(N)=O. The summed E-state index contributed by atoms with van der Waals surface area (Å²) in [5.41, 5.74) is 6.59. The number of benzene rings is 1. The van der Waals surface area contributed by atoms with Crippen molar-refractivity contribution in [1.82, 2.24) is 14.2 Å². The molecule has 3 amide bonds. The number of ether oxygens (including phenoxy) is 1. The van der Waals surface area contributed by atoms with Crippen LogP contribution in [0.3, 0.4) is 0 Å². The van der Waals surface area contributed by atoms with Gasteiger partial charge in [0.1, 0.15) is 30.5 Å². The largest absolute Gasteiger partial charge is 0.472 e. The van der Waals surface area contributed by atoms with Crippen LogP contribution in [-0.2, 0) is 20.0 Å². The Morgan fingerprint density at radius 2 is 2.11 bits per heavy atom. The van der Waals surface area contributed by atoms with Gasteiger partial charge in [0.2, 0.25) is 5.88 Å². The maximum absolute atomic E-state index is 13.3. The third-order valence-electron chi connectivity index (χ3n) is 6.11. The number of aliphatic hydroxyl groups excluding tert-OH is 1. The van der Waals surface area contributed by atoms with Gasteiger partial charge < -0.3 is 25.4 Å². The maximum atomic E-state index is 13.3. The molecule has 2 aromatic rings. The number of alkyl halides is 2. The summed E-state index contributed by atoms with van der Waals surface area (Å²) in [6.45, 7) is 1.46. The molecule has 1 fully saturated rings. The number of rotatable bonds is 12. The van der Waals surface area contributed by atoms with Crippen LogP contribution >= 0.6 is 11.5 Å². The molecule has 4 N–H and O–H groups in total. The topological polar surface area (TPSA) is 121 Å². The standard InChI is InChI=1S/C24H33F2N5O4S/c1-30(8-2-3-9-31-10-4-5-19(32)14-31)24(34)28-23-20(21(27)33)22(29-36-23)35-15-18-11-16(12-25)6-7-17(18)13-26/h6-7,11,19,32H,2-5,8-10,12-15H2,1H3,(H2,27,33)(H,28,34). The van der Waals surface area contributed by atoms with E-state index in [1.54, 1.807) is 7.05 Å². The van der Waals surface area contributed by atoms with Gasteiger partial charge in [-0.1, -0.05) is 12.1 Å². The van der Waals surface area contributed by atoms with Crippen LogP contribution < -0.4 is 15.8 Å². The Morgan fingerprint density at radius 1 is 1.31 bits per heavy atom. The molecule has 12 heteroatoms. The molecule has 1 aliphatic rings. The molecule has 1 atom stereocenters. The molecule has 0 bridgehead atoms. The number of urea groups is 1. The van der Waals surface area contributed by atoms with E-state index in [0.717, 1.165) is 50.3 Å². The van der Waals surface area contributed by atoms with Crippen LogP contribution in [-0.4, -0.2) is 70.5 Å². The summed E-state index contributed by atoms with van der Waals surface area (Å²) >= 11 is 0.851. The lowest BCUT2D eigenvalue weighted by atomic mass is 10.1. The van der Waals surface area contributed by atoms with Crippen LogP contribution in [0.15, 0.2) is 18.2 Å². The number of unbranched alkanes of at least 4 members (excludes halogenated alkanes) is 1. The van der Waals surface area contributed by atoms with Crippen LogP contribution in [0.4, 0.5) is 18.6 Å². The van der Waals surface area contributed by atoms with Gasteiger partial charge in [-0.05, 0) is 73.1 Å². The molecule has 1 aliphatic heterocycles. The number of amides is 3. The number of likely N-dealkylation sites (tertiary alicyclic amines) is 1. The molecular formula is C24H33F2N5O4S. The fourth-order valence-corrected chi connectivity index (χ4v) is 4.79. The van der Waals surface area contributed by atoms with E-state index < -0.39 is 25.3 Å². The van der Waals surface area contributed by atoms with E-state index >= 15 is 0 Å². The zero-order chi connectivity index (χ0) is 26.1. The maximum Gasteiger partial charge on any atom is 0.322 e. The van der Waals surface area contributed by atoms with Crippen molar-refractivity contribution in [3.05, 3.63) is 40.5 Å². The number of aliphatic hydroxyl groups is 1. The van der Waals surface area contributed by atoms with Gasteiger partial charge in [0.15, 0.2) is 0 Å². The normalized spacial score (nSPS) is 16.1. The quantitative estimate of drug-likeness (QED) is 0.365. The highest BCUT2D eigenvalue weighted by molar-refractivity contribution is 7.11. The number of aromatic nitrogens is 1. The third-order valence-corrected chi connectivity index (χ3v) is 6.85. The predicted molar refractivity (Wildman–Crippen MR) is 134 cm³/mol. The van der Waals surface area contributed by atoms with Gasteiger partial charge in [0.25, 0.3) is 5.91 Å². The molecule has 36 heavy (non-hydrogen) atoms. The number of piperidine rings is 1. The van der Waals surface area contributed by atoms with E-state index in [2.05, 4.69) is 14.6 Å². The molecule has 3 rings (SSSR count). The Labute approximate surface area is 213 Å². The fourth-order valence-electron chi connectivity index (χ4n) is 4.06. The summed E-state index contributed by atoms with van der Waals surface area (Å²) in [4.78, 5) is 28.5. The fraction of sp³-hybridized carbons (Fsp3) is 0.542. The van der Waals surface area contributed by atoms with E-state index in [9.17, 15) is 23.5 Å². The zero-order valence-electron chi connectivity index (χ0n) is 20.3. The second kappa shape index (κ2) is 13.5. The van der Waals surface area contributed by atoms with E-state index in [4.69, 9.17) is 10.5 Å². The first-order valence-electron chi connectivity index (χ1n) is 11.9. The smallest absolute Gasteiger partial charge is 0.322 e. The van der Waals surface area contributed by atoms with Gasteiger partial charge in [-0.15, -0.1) is 0 Å². The molecule has 2 heterocycles. The lowest BCUT2D eigenvalue weighted by molar-refractivity contribution is 0.0696. The summed E-state index contributed by atoms with van der Waals surface area (Å²) in [6, 6.07) is 4.06. The molecule has 0 radical (unpaired) electrons. The zero-order valence-corrected chi connectivity index (χ0v) is 21.2. The lowest BCUT2D eigenvalue weighted by Gasteiger charge is -2.30. The van der Waals surface area contributed by atoms with Gasteiger partial charge in [-0.25, -0.2) is 13.6 Å². The first-order chi connectivity index (χ1) is 17.3. The van der Waals surface area contributed by atoms with Crippen LogP contribution in [0.2, 0.25) is 0 Å². The molecule has 0 saturated carbocycles. The molecule has 1 aromatic heterocycles. The number of nitrogens with one attached hydrogen (secondary N) is 1. The predicted octanol–water partition coefficient (Wildman–Crippen LogP) is 3.46. The molecule has 0 aliphatic carbocycles. The minimum atomic E-state index is -0.830. The average molecular weight is 526 g/mol. The summed E-state index contributed by atoms with van der Waals surface area (Å²) in [6.07, 6.45) is 3.26. The van der Waals surface area contributed by atoms with Gasteiger partial charge in [0.05, 0.1) is 6.10 Å². The average Bonchev–Trinajstić information content (AvgIpc) is 3.27.